The molecule has 3 N–H and O–H groups in total. The molecule has 0 aliphatic carbocycles. The molecule has 5 nitrogen and oxygen atoms in total. The van der Waals surface area contributed by atoms with Crippen molar-refractivity contribution >= 4 is 38.8 Å². The van der Waals surface area contributed by atoms with E-state index in [0.717, 1.165) is 6.42 Å². The molecule has 0 unspecified atom stereocenters. The zero-order valence-corrected chi connectivity index (χ0v) is 12.0. The third-order valence-electron chi connectivity index (χ3n) is 2.69. The zero-order valence-electron chi connectivity index (χ0n) is 10.4. The number of fused-ring (bicyclic) bond motifs is 1. The fraction of sp³-hybridized carbons (Fsp3) is 0.333. The Balaban J connectivity index is 2.34. The van der Waals surface area contributed by atoms with Crippen molar-refractivity contribution in [3.8, 4) is 0 Å². The van der Waals surface area contributed by atoms with Crippen LogP contribution in [0.15, 0.2) is 16.6 Å². The predicted molar refractivity (Wildman–Crippen MR) is 75.1 cm³/mol. The van der Waals surface area contributed by atoms with Gasteiger partial charge in [-0.25, -0.2) is 9.37 Å². The highest BCUT2D eigenvalue weighted by atomic mass is 79.9. The lowest BCUT2D eigenvalue weighted by Crippen LogP contribution is -2.28. The number of carbonyl (C=O) groups is 1. The van der Waals surface area contributed by atoms with E-state index >= 15 is 0 Å². The van der Waals surface area contributed by atoms with Crippen molar-refractivity contribution in [1.29, 1.82) is 0 Å². The third-order valence-corrected chi connectivity index (χ3v) is 3.30. The maximum Gasteiger partial charge on any atom is 0.240 e. The maximum atomic E-state index is 13.5. The van der Waals surface area contributed by atoms with Crippen molar-refractivity contribution in [3.05, 3.63) is 22.4 Å². The minimum atomic E-state index is -0.414. The summed E-state index contributed by atoms with van der Waals surface area (Å²) in [5.41, 5.74) is 6.82. The molecule has 0 bridgehead atoms. The fourth-order valence-corrected chi connectivity index (χ4v) is 2.10. The number of anilines is 1. The van der Waals surface area contributed by atoms with Crippen LogP contribution in [-0.2, 0) is 11.3 Å². The molecule has 0 atom stereocenters. The molecule has 2 aromatic rings. The number of imidazole rings is 1. The van der Waals surface area contributed by atoms with Crippen LogP contribution in [0.1, 0.15) is 13.3 Å². The lowest BCUT2D eigenvalue weighted by atomic mass is 10.3. The van der Waals surface area contributed by atoms with Gasteiger partial charge in [0.1, 0.15) is 12.4 Å². The highest BCUT2D eigenvalue weighted by molar-refractivity contribution is 9.10. The first-order valence-electron chi connectivity index (χ1n) is 5.90. The Bertz CT molecular complexity index is 626. The number of amides is 1. The summed E-state index contributed by atoms with van der Waals surface area (Å²) in [4.78, 5) is 15.8. The monoisotopic (exact) mass is 328 g/mol. The van der Waals surface area contributed by atoms with E-state index in [1.54, 1.807) is 6.07 Å². The van der Waals surface area contributed by atoms with Crippen LogP contribution in [0.5, 0.6) is 0 Å². The molecule has 0 aliphatic rings. The van der Waals surface area contributed by atoms with Gasteiger partial charge in [0.15, 0.2) is 0 Å². The van der Waals surface area contributed by atoms with Crippen LogP contribution in [0, 0.1) is 5.82 Å². The van der Waals surface area contributed by atoms with E-state index in [0.29, 0.717) is 22.1 Å². The summed E-state index contributed by atoms with van der Waals surface area (Å²) >= 11 is 3.09. The number of rotatable bonds is 4. The van der Waals surface area contributed by atoms with Gasteiger partial charge >= 0.3 is 0 Å². The number of nitrogens with zero attached hydrogens (tertiary/aromatic N) is 2. The molecule has 1 amide bonds. The molecular weight excluding hydrogens is 315 g/mol. The van der Waals surface area contributed by atoms with Gasteiger partial charge in [-0.05, 0) is 28.4 Å². The van der Waals surface area contributed by atoms with Gasteiger partial charge in [0.25, 0.3) is 0 Å². The topological polar surface area (TPSA) is 72.9 Å². The van der Waals surface area contributed by atoms with Gasteiger partial charge in [-0.1, -0.05) is 6.92 Å². The highest BCUT2D eigenvalue weighted by Crippen LogP contribution is 2.24. The minimum Gasteiger partial charge on any atom is -0.369 e. The van der Waals surface area contributed by atoms with Gasteiger partial charge in [-0.3, -0.25) is 4.79 Å². The van der Waals surface area contributed by atoms with Crippen LogP contribution in [0.4, 0.5) is 10.3 Å². The van der Waals surface area contributed by atoms with E-state index in [4.69, 9.17) is 5.73 Å². The number of nitrogen functional groups attached to an aromatic ring is 1. The number of nitrogens with one attached hydrogen (secondary N) is 1. The summed E-state index contributed by atoms with van der Waals surface area (Å²) in [6.07, 6.45) is 0.855. The fourth-order valence-electron chi connectivity index (χ4n) is 1.77. The molecule has 0 aliphatic heterocycles. The van der Waals surface area contributed by atoms with Gasteiger partial charge < -0.3 is 15.6 Å². The van der Waals surface area contributed by atoms with Crippen LogP contribution >= 0.6 is 15.9 Å². The molecule has 2 rings (SSSR count). The normalized spacial score (nSPS) is 10.9. The Morgan fingerprint density at radius 2 is 2.32 bits per heavy atom. The van der Waals surface area contributed by atoms with E-state index in [1.807, 2.05) is 6.92 Å². The minimum absolute atomic E-state index is 0.0312. The number of nitrogens with two attached hydrogens (primary N) is 1. The molecule has 0 saturated heterocycles. The number of halogens is 2. The third kappa shape index (κ3) is 2.86. The van der Waals surface area contributed by atoms with Crippen LogP contribution < -0.4 is 11.1 Å². The maximum absolute atomic E-state index is 13.5. The molecule has 0 saturated carbocycles. The molecule has 1 aromatic heterocycles. The quantitative estimate of drug-likeness (QED) is 0.902. The van der Waals surface area contributed by atoms with E-state index < -0.39 is 5.82 Å². The molecular formula is C12H14BrFN4O. The second kappa shape index (κ2) is 5.56. The second-order valence-corrected chi connectivity index (χ2v) is 5.02. The van der Waals surface area contributed by atoms with Gasteiger partial charge in [-0.2, -0.15) is 0 Å². The van der Waals surface area contributed by atoms with Crippen LogP contribution in [0.25, 0.3) is 11.0 Å². The van der Waals surface area contributed by atoms with E-state index in [9.17, 15) is 9.18 Å². The highest BCUT2D eigenvalue weighted by Gasteiger charge is 2.13. The largest absolute Gasteiger partial charge is 0.369 e. The molecule has 0 fully saturated rings. The second-order valence-electron chi connectivity index (χ2n) is 4.16. The average molecular weight is 329 g/mol. The summed E-state index contributed by atoms with van der Waals surface area (Å²) < 4.78 is 15.4. The molecule has 1 heterocycles. The lowest BCUT2D eigenvalue weighted by Gasteiger charge is -2.07. The van der Waals surface area contributed by atoms with Gasteiger partial charge in [0.2, 0.25) is 11.9 Å². The van der Waals surface area contributed by atoms with Crippen molar-refractivity contribution < 1.29 is 9.18 Å². The van der Waals surface area contributed by atoms with Crippen molar-refractivity contribution in [1.82, 2.24) is 14.9 Å². The summed E-state index contributed by atoms with van der Waals surface area (Å²) in [5.74, 6) is -0.391. The summed E-state index contributed by atoms with van der Waals surface area (Å²) in [6, 6.07) is 2.86. The smallest absolute Gasteiger partial charge is 0.240 e. The first-order chi connectivity index (χ1) is 9.02. The SMILES string of the molecule is CCCNC(=O)Cn1c(N)nc2cc(Br)c(F)cc21. The molecule has 1 aromatic carbocycles. The van der Waals surface area contributed by atoms with Gasteiger partial charge in [-0.15, -0.1) is 0 Å². The number of aromatic nitrogens is 2. The van der Waals surface area contributed by atoms with Crippen LogP contribution in [0.2, 0.25) is 0 Å². The standard InChI is InChI=1S/C12H14BrFN4O/c1-2-3-16-11(19)6-18-10-5-8(14)7(13)4-9(10)17-12(18)15/h4-5H,2-3,6H2,1H3,(H2,15,17)(H,16,19). The van der Waals surface area contributed by atoms with Crippen molar-refractivity contribution in [2.45, 2.75) is 19.9 Å². The van der Waals surface area contributed by atoms with Crippen molar-refractivity contribution in [2.24, 2.45) is 0 Å². The zero-order chi connectivity index (χ0) is 14.0. The van der Waals surface area contributed by atoms with Crippen LogP contribution in [-0.4, -0.2) is 22.0 Å². The van der Waals surface area contributed by atoms with E-state index in [2.05, 4.69) is 26.2 Å². The van der Waals surface area contributed by atoms with Crippen LogP contribution in [0.3, 0.4) is 0 Å². The van der Waals surface area contributed by atoms with Gasteiger partial charge in [0.05, 0.1) is 15.5 Å². The molecule has 19 heavy (non-hydrogen) atoms. The predicted octanol–water partition coefficient (Wildman–Crippen LogP) is 2.05. The Labute approximate surface area is 118 Å². The summed E-state index contributed by atoms with van der Waals surface area (Å²) in [6.45, 7) is 2.60. The van der Waals surface area contributed by atoms with E-state index in [-0.39, 0.29) is 18.4 Å². The van der Waals surface area contributed by atoms with E-state index in [1.165, 1.54) is 10.6 Å². The Hall–Kier alpha value is -1.63. The molecule has 7 heteroatoms. The number of carbonyl (C=O) groups excluding carboxylic acids is 1. The summed E-state index contributed by atoms with van der Waals surface area (Å²) in [5, 5.41) is 2.74. The number of benzene rings is 1. The molecule has 0 spiro atoms. The molecule has 0 radical (unpaired) electrons. The average Bonchev–Trinajstić information content (AvgIpc) is 2.64. The Kier molecular flexibility index (Phi) is 4.04. The Morgan fingerprint density at radius 3 is 3.00 bits per heavy atom. The van der Waals surface area contributed by atoms with Crippen molar-refractivity contribution in [3.63, 3.8) is 0 Å². The molecule has 102 valence electrons. The lowest BCUT2D eigenvalue weighted by molar-refractivity contribution is -0.121. The summed E-state index contributed by atoms with van der Waals surface area (Å²) in [7, 11) is 0. The van der Waals surface area contributed by atoms with Gasteiger partial charge in [0, 0.05) is 12.6 Å². The first kappa shape index (κ1) is 13.8. The number of hydrogen-bond acceptors (Lipinski definition) is 3. The van der Waals surface area contributed by atoms with Crippen molar-refractivity contribution in [2.75, 3.05) is 12.3 Å². The number of hydrogen-bond donors (Lipinski definition) is 2. The first-order valence-corrected chi connectivity index (χ1v) is 6.69. The Morgan fingerprint density at radius 1 is 1.58 bits per heavy atom.